The highest BCUT2D eigenvalue weighted by molar-refractivity contribution is 7.98. The average Bonchev–Trinajstić information content (AvgIpc) is 3.22. The SMILES string of the molecule is COc1cc(C)c(NC(=O)c2ccccc2SCc2cn3ccccc3n2)cc1OC. The lowest BCUT2D eigenvalue weighted by Crippen LogP contribution is -2.14. The molecule has 1 amide bonds. The number of nitrogens with one attached hydrogen (secondary N) is 1. The summed E-state index contributed by atoms with van der Waals surface area (Å²) in [5.74, 6) is 1.69. The number of imidazole rings is 1. The molecule has 0 aliphatic heterocycles. The molecule has 0 aliphatic rings. The van der Waals surface area contributed by atoms with Crippen molar-refractivity contribution in [3.8, 4) is 11.5 Å². The van der Waals surface area contributed by atoms with Crippen LogP contribution >= 0.6 is 11.8 Å². The number of hydrogen-bond donors (Lipinski definition) is 1. The molecule has 4 rings (SSSR count). The fourth-order valence-corrected chi connectivity index (χ4v) is 4.23. The van der Waals surface area contributed by atoms with Gasteiger partial charge in [0.15, 0.2) is 11.5 Å². The van der Waals surface area contributed by atoms with E-state index in [-0.39, 0.29) is 5.91 Å². The summed E-state index contributed by atoms with van der Waals surface area (Å²) in [4.78, 5) is 18.6. The number of hydrogen-bond acceptors (Lipinski definition) is 5. The number of ether oxygens (including phenoxy) is 2. The molecule has 2 aromatic heterocycles. The molecule has 1 N–H and O–H groups in total. The van der Waals surface area contributed by atoms with Crippen LogP contribution in [0.1, 0.15) is 21.6 Å². The van der Waals surface area contributed by atoms with E-state index in [9.17, 15) is 4.79 Å². The van der Waals surface area contributed by atoms with E-state index in [1.165, 1.54) is 0 Å². The van der Waals surface area contributed by atoms with E-state index in [0.29, 0.717) is 28.5 Å². The zero-order valence-corrected chi connectivity index (χ0v) is 18.4. The molecule has 2 heterocycles. The molecule has 0 atom stereocenters. The quantitative estimate of drug-likeness (QED) is 0.406. The van der Waals surface area contributed by atoms with Crippen LogP contribution in [0.4, 0.5) is 5.69 Å². The molecule has 7 heteroatoms. The van der Waals surface area contributed by atoms with E-state index in [1.807, 2.05) is 72.2 Å². The van der Waals surface area contributed by atoms with Crippen molar-refractivity contribution in [2.24, 2.45) is 0 Å². The minimum absolute atomic E-state index is 0.173. The van der Waals surface area contributed by atoms with Crippen LogP contribution in [0.3, 0.4) is 0 Å². The molecule has 0 saturated carbocycles. The number of aryl methyl sites for hydroxylation is 1. The first kappa shape index (κ1) is 20.8. The van der Waals surface area contributed by atoms with Crippen molar-refractivity contribution >= 4 is 29.0 Å². The minimum atomic E-state index is -0.173. The van der Waals surface area contributed by atoms with Crippen LogP contribution in [-0.2, 0) is 5.75 Å². The molecule has 0 fully saturated rings. The van der Waals surface area contributed by atoms with Gasteiger partial charge in [0, 0.05) is 34.8 Å². The van der Waals surface area contributed by atoms with E-state index in [4.69, 9.17) is 9.47 Å². The Bertz CT molecular complexity index is 1200. The van der Waals surface area contributed by atoms with Crippen LogP contribution in [0.2, 0.25) is 0 Å². The van der Waals surface area contributed by atoms with Crippen molar-refractivity contribution in [2.75, 3.05) is 19.5 Å². The maximum Gasteiger partial charge on any atom is 0.256 e. The number of methoxy groups -OCH3 is 2. The Hall–Kier alpha value is -3.45. The van der Waals surface area contributed by atoms with Crippen molar-refractivity contribution in [1.82, 2.24) is 9.38 Å². The van der Waals surface area contributed by atoms with Gasteiger partial charge in [-0.15, -0.1) is 11.8 Å². The lowest BCUT2D eigenvalue weighted by Gasteiger charge is -2.14. The third-order valence-corrected chi connectivity index (χ3v) is 6.01. The summed E-state index contributed by atoms with van der Waals surface area (Å²) in [6, 6.07) is 17.1. The Kier molecular flexibility index (Phi) is 6.13. The molecule has 0 saturated heterocycles. The van der Waals surface area contributed by atoms with Crippen LogP contribution < -0.4 is 14.8 Å². The van der Waals surface area contributed by atoms with Gasteiger partial charge >= 0.3 is 0 Å². The fourth-order valence-electron chi connectivity index (χ4n) is 3.29. The van der Waals surface area contributed by atoms with Gasteiger partial charge < -0.3 is 19.2 Å². The minimum Gasteiger partial charge on any atom is -0.493 e. The van der Waals surface area contributed by atoms with E-state index in [1.54, 1.807) is 32.0 Å². The van der Waals surface area contributed by atoms with Crippen LogP contribution in [0.25, 0.3) is 5.65 Å². The lowest BCUT2D eigenvalue weighted by molar-refractivity contribution is 0.102. The second-order valence-electron chi connectivity index (χ2n) is 6.96. The number of thioether (sulfide) groups is 1. The van der Waals surface area contributed by atoms with Gasteiger partial charge in [0.1, 0.15) is 5.65 Å². The molecule has 31 heavy (non-hydrogen) atoms. The monoisotopic (exact) mass is 433 g/mol. The number of fused-ring (bicyclic) bond motifs is 1. The van der Waals surface area contributed by atoms with Crippen molar-refractivity contribution in [3.05, 3.63) is 83.8 Å². The van der Waals surface area contributed by atoms with Gasteiger partial charge in [0.25, 0.3) is 5.91 Å². The standard InChI is InChI=1S/C24H23N3O3S/c1-16-12-20(29-2)21(30-3)13-19(16)26-24(28)18-8-4-5-9-22(18)31-15-17-14-27-11-7-6-10-23(27)25-17/h4-14H,15H2,1-3H3,(H,26,28). The molecule has 0 aliphatic carbocycles. The van der Waals surface area contributed by atoms with Crippen molar-refractivity contribution < 1.29 is 14.3 Å². The van der Waals surface area contributed by atoms with Gasteiger partial charge in [-0.2, -0.15) is 0 Å². The van der Waals surface area contributed by atoms with Crippen LogP contribution in [0.5, 0.6) is 11.5 Å². The Morgan fingerprint density at radius 3 is 2.58 bits per heavy atom. The van der Waals surface area contributed by atoms with E-state index in [2.05, 4.69) is 10.3 Å². The second kappa shape index (κ2) is 9.14. The predicted octanol–water partition coefficient (Wildman–Crippen LogP) is 5.20. The second-order valence-corrected chi connectivity index (χ2v) is 7.98. The molecule has 0 radical (unpaired) electrons. The number of pyridine rings is 1. The Morgan fingerprint density at radius 2 is 1.81 bits per heavy atom. The van der Waals surface area contributed by atoms with Crippen molar-refractivity contribution in [3.63, 3.8) is 0 Å². The summed E-state index contributed by atoms with van der Waals surface area (Å²) >= 11 is 1.59. The maximum atomic E-state index is 13.1. The highest BCUT2D eigenvalue weighted by atomic mass is 32.2. The first-order valence-electron chi connectivity index (χ1n) is 9.77. The highest BCUT2D eigenvalue weighted by Crippen LogP contribution is 2.34. The Balaban J connectivity index is 1.53. The van der Waals surface area contributed by atoms with Crippen molar-refractivity contribution in [2.45, 2.75) is 17.6 Å². The molecule has 158 valence electrons. The number of aromatic nitrogens is 2. The topological polar surface area (TPSA) is 64.9 Å². The molecule has 4 aromatic rings. The molecule has 0 bridgehead atoms. The van der Waals surface area contributed by atoms with Gasteiger partial charge in [-0.1, -0.05) is 18.2 Å². The molecule has 0 spiro atoms. The van der Waals surface area contributed by atoms with Crippen LogP contribution in [-0.4, -0.2) is 29.5 Å². The molecule has 0 unspecified atom stereocenters. The maximum absolute atomic E-state index is 13.1. The smallest absolute Gasteiger partial charge is 0.256 e. The zero-order valence-electron chi connectivity index (χ0n) is 17.6. The lowest BCUT2D eigenvalue weighted by atomic mass is 10.1. The van der Waals surface area contributed by atoms with Crippen LogP contribution in [0.15, 0.2) is 71.9 Å². The van der Waals surface area contributed by atoms with Gasteiger partial charge in [0.2, 0.25) is 0 Å². The normalized spacial score (nSPS) is 10.8. The van der Waals surface area contributed by atoms with Crippen LogP contribution in [0, 0.1) is 6.92 Å². The molecular formula is C24H23N3O3S. The van der Waals surface area contributed by atoms with Gasteiger partial charge in [-0.3, -0.25) is 4.79 Å². The predicted molar refractivity (Wildman–Crippen MR) is 123 cm³/mol. The summed E-state index contributed by atoms with van der Waals surface area (Å²) in [6.45, 7) is 1.92. The van der Waals surface area contributed by atoms with Gasteiger partial charge in [0.05, 0.1) is 25.5 Å². The number of nitrogens with zero attached hydrogens (tertiary/aromatic N) is 2. The zero-order chi connectivity index (χ0) is 21.8. The van der Waals surface area contributed by atoms with Crippen molar-refractivity contribution in [1.29, 1.82) is 0 Å². The molecule has 2 aromatic carbocycles. The summed E-state index contributed by atoms with van der Waals surface area (Å²) in [6.07, 6.45) is 3.99. The number of carbonyl (C=O) groups is 1. The highest BCUT2D eigenvalue weighted by Gasteiger charge is 2.15. The first-order valence-corrected chi connectivity index (χ1v) is 10.8. The Morgan fingerprint density at radius 1 is 1.06 bits per heavy atom. The summed E-state index contributed by atoms with van der Waals surface area (Å²) in [7, 11) is 3.16. The number of benzene rings is 2. The van der Waals surface area contributed by atoms with E-state index in [0.717, 1.165) is 21.8 Å². The molecular weight excluding hydrogens is 410 g/mol. The van der Waals surface area contributed by atoms with E-state index < -0.39 is 0 Å². The van der Waals surface area contributed by atoms with Gasteiger partial charge in [-0.25, -0.2) is 4.98 Å². The third kappa shape index (κ3) is 4.51. The van der Waals surface area contributed by atoms with E-state index >= 15 is 0 Å². The fraction of sp³-hybridized carbons (Fsp3) is 0.167. The summed E-state index contributed by atoms with van der Waals surface area (Å²) in [5, 5.41) is 3.01. The third-order valence-electron chi connectivity index (χ3n) is 4.90. The number of amides is 1. The number of anilines is 1. The number of rotatable bonds is 7. The first-order chi connectivity index (χ1) is 15.1. The summed E-state index contributed by atoms with van der Waals surface area (Å²) < 4.78 is 12.7. The summed E-state index contributed by atoms with van der Waals surface area (Å²) in [5.41, 5.74) is 4.06. The largest absolute Gasteiger partial charge is 0.493 e. The average molecular weight is 434 g/mol. The molecule has 6 nitrogen and oxygen atoms in total. The van der Waals surface area contributed by atoms with Gasteiger partial charge in [-0.05, 0) is 42.8 Å². The number of carbonyl (C=O) groups excluding carboxylic acids is 1. The Labute approximate surface area is 185 Å².